The van der Waals surface area contributed by atoms with Crippen LogP contribution in [-0.4, -0.2) is 66.6 Å². The molecule has 8 nitrogen and oxygen atoms in total. The SMILES string of the molecule is COC[C@H](C)NC1CCC(Nc2nccc(-c3cc(NCC4CCOCC4)ccn3)n2)CC1. The predicted octanol–water partition coefficient (Wildman–Crippen LogP) is 3.72. The van der Waals surface area contributed by atoms with Crippen molar-refractivity contribution in [3.05, 3.63) is 30.6 Å². The van der Waals surface area contributed by atoms with Gasteiger partial charge in [-0.2, -0.15) is 0 Å². The Morgan fingerprint density at radius 2 is 1.76 bits per heavy atom. The monoisotopic (exact) mass is 454 g/mol. The van der Waals surface area contributed by atoms with Crippen LogP contribution in [-0.2, 0) is 9.47 Å². The van der Waals surface area contributed by atoms with Gasteiger partial charge in [0.1, 0.15) is 0 Å². The maximum absolute atomic E-state index is 5.46. The Balaban J connectivity index is 1.30. The minimum atomic E-state index is 0.388. The summed E-state index contributed by atoms with van der Waals surface area (Å²) in [6.07, 6.45) is 10.4. The van der Waals surface area contributed by atoms with E-state index in [2.05, 4.69) is 38.9 Å². The van der Waals surface area contributed by atoms with Gasteiger partial charge in [0.2, 0.25) is 5.95 Å². The van der Waals surface area contributed by atoms with Gasteiger partial charge < -0.3 is 25.4 Å². The highest BCUT2D eigenvalue weighted by molar-refractivity contribution is 5.61. The lowest BCUT2D eigenvalue weighted by Crippen LogP contribution is -2.43. The highest BCUT2D eigenvalue weighted by atomic mass is 16.5. The number of aromatic nitrogens is 3. The zero-order valence-electron chi connectivity index (χ0n) is 19.9. The molecule has 1 atom stereocenters. The van der Waals surface area contributed by atoms with Crippen molar-refractivity contribution in [2.75, 3.05) is 44.1 Å². The number of ether oxygens (including phenoxy) is 2. The van der Waals surface area contributed by atoms with Crippen molar-refractivity contribution in [3.8, 4) is 11.4 Å². The van der Waals surface area contributed by atoms with Crippen molar-refractivity contribution in [3.63, 3.8) is 0 Å². The number of hydrogen-bond donors (Lipinski definition) is 3. The molecule has 1 saturated heterocycles. The topological polar surface area (TPSA) is 93.2 Å². The van der Waals surface area contributed by atoms with Crippen LogP contribution in [0.2, 0.25) is 0 Å². The molecule has 2 aromatic heterocycles. The van der Waals surface area contributed by atoms with Crippen LogP contribution in [0, 0.1) is 5.92 Å². The Kier molecular flexibility index (Phi) is 8.86. The Hall–Kier alpha value is -2.29. The predicted molar refractivity (Wildman–Crippen MR) is 131 cm³/mol. The minimum Gasteiger partial charge on any atom is -0.385 e. The lowest BCUT2D eigenvalue weighted by atomic mass is 9.91. The molecule has 0 bridgehead atoms. The van der Waals surface area contributed by atoms with E-state index in [-0.39, 0.29) is 0 Å². The summed E-state index contributed by atoms with van der Waals surface area (Å²) >= 11 is 0. The number of methoxy groups -OCH3 is 1. The molecule has 2 aliphatic rings. The first kappa shape index (κ1) is 23.9. The Morgan fingerprint density at radius 3 is 2.55 bits per heavy atom. The second-order valence-electron chi connectivity index (χ2n) is 9.35. The number of pyridine rings is 1. The third-order valence-corrected chi connectivity index (χ3v) is 6.61. The summed E-state index contributed by atoms with van der Waals surface area (Å²) in [5.41, 5.74) is 2.77. The molecule has 0 radical (unpaired) electrons. The summed E-state index contributed by atoms with van der Waals surface area (Å²) in [6.45, 7) is 5.63. The van der Waals surface area contributed by atoms with E-state index in [9.17, 15) is 0 Å². The number of nitrogens with zero attached hydrogens (tertiary/aromatic N) is 3. The summed E-state index contributed by atoms with van der Waals surface area (Å²) < 4.78 is 10.7. The molecule has 4 rings (SSSR count). The van der Waals surface area contributed by atoms with Gasteiger partial charge in [-0.3, -0.25) is 4.98 Å². The van der Waals surface area contributed by atoms with E-state index in [0.29, 0.717) is 30.0 Å². The molecule has 0 amide bonds. The molecule has 3 N–H and O–H groups in total. The van der Waals surface area contributed by atoms with E-state index in [0.717, 1.165) is 82.0 Å². The van der Waals surface area contributed by atoms with Gasteiger partial charge in [0.05, 0.1) is 18.0 Å². The lowest BCUT2D eigenvalue weighted by Gasteiger charge is -2.31. The summed E-state index contributed by atoms with van der Waals surface area (Å²) in [5, 5.41) is 10.8. The molecule has 1 aliphatic carbocycles. The summed E-state index contributed by atoms with van der Waals surface area (Å²) in [5.74, 6) is 1.35. The van der Waals surface area contributed by atoms with Crippen LogP contribution >= 0.6 is 0 Å². The van der Waals surface area contributed by atoms with Crippen molar-refractivity contribution in [1.82, 2.24) is 20.3 Å². The minimum absolute atomic E-state index is 0.388. The molecular formula is C25H38N6O2. The Morgan fingerprint density at radius 1 is 1.00 bits per heavy atom. The van der Waals surface area contributed by atoms with Gasteiger partial charge in [0.25, 0.3) is 0 Å². The number of rotatable bonds is 10. The average molecular weight is 455 g/mol. The molecule has 2 fully saturated rings. The van der Waals surface area contributed by atoms with Gasteiger partial charge in [-0.15, -0.1) is 0 Å². The van der Waals surface area contributed by atoms with E-state index in [1.165, 1.54) is 0 Å². The van der Waals surface area contributed by atoms with Gasteiger partial charge in [-0.1, -0.05) is 0 Å². The molecule has 2 aromatic rings. The van der Waals surface area contributed by atoms with Crippen LogP contribution in [0.3, 0.4) is 0 Å². The molecule has 8 heteroatoms. The van der Waals surface area contributed by atoms with Crippen molar-refractivity contribution < 1.29 is 9.47 Å². The quantitative estimate of drug-likeness (QED) is 0.500. The van der Waals surface area contributed by atoms with Crippen LogP contribution in [0.5, 0.6) is 0 Å². The summed E-state index contributed by atoms with van der Waals surface area (Å²) in [6, 6.07) is 7.36. The molecular weight excluding hydrogens is 416 g/mol. The fourth-order valence-electron chi connectivity index (χ4n) is 4.75. The molecule has 33 heavy (non-hydrogen) atoms. The van der Waals surface area contributed by atoms with E-state index in [1.54, 1.807) is 7.11 Å². The van der Waals surface area contributed by atoms with Crippen LogP contribution in [0.15, 0.2) is 30.6 Å². The van der Waals surface area contributed by atoms with E-state index >= 15 is 0 Å². The van der Waals surface area contributed by atoms with Gasteiger partial charge in [-0.25, -0.2) is 9.97 Å². The molecule has 1 saturated carbocycles. The largest absolute Gasteiger partial charge is 0.385 e. The van der Waals surface area contributed by atoms with Crippen molar-refractivity contribution >= 4 is 11.6 Å². The Bertz CT molecular complexity index is 852. The first-order valence-electron chi connectivity index (χ1n) is 12.3. The van der Waals surface area contributed by atoms with E-state index in [1.807, 2.05) is 24.5 Å². The van der Waals surface area contributed by atoms with Gasteiger partial charge in [0.15, 0.2) is 0 Å². The van der Waals surface area contributed by atoms with Crippen LogP contribution in [0.1, 0.15) is 45.4 Å². The molecule has 180 valence electrons. The van der Waals surface area contributed by atoms with Crippen LogP contribution in [0.4, 0.5) is 11.6 Å². The lowest BCUT2D eigenvalue weighted by molar-refractivity contribution is 0.0699. The molecule has 0 unspecified atom stereocenters. The molecule has 3 heterocycles. The number of anilines is 2. The highest BCUT2D eigenvalue weighted by Crippen LogP contribution is 2.24. The molecule has 0 spiro atoms. The van der Waals surface area contributed by atoms with Crippen molar-refractivity contribution in [2.24, 2.45) is 5.92 Å². The molecule has 0 aromatic carbocycles. The average Bonchev–Trinajstić information content (AvgIpc) is 2.85. The first-order valence-corrected chi connectivity index (χ1v) is 12.3. The smallest absolute Gasteiger partial charge is 0.223 e. The van der Waals surface area contributed by atoms with Crippen molar-refractivity contribution in [1.29, 1.82) is 0 Å². The van der Waals surface area contributed by atoms with E-state index < -0.39 is 0 Å². The highest BCUT2D eigenvalue weighted by Gasteiger charge is 2.22. The number of hydrogen-bond acceptors (Lipinski definition) is 8. The fourth-order valence-corrected chi connectivity index (χ4v) is 4.75. The first-order chi connectivity index (χ1) is 16.2. The zero-order valence-corrected chi connectivity index (χ0v) is 19.9. The third kappa shape index (κ3) is 7.35. The van der Waals surface area contributed by atoms with Crippen molar-refractivity contribution in [2.45, 2.75) is 63.6 Å². The normalized spacial score (nSPS) is 22.6. The van der Waals surface area contributed by atoms with Gasteiger partial charge in [0, 0.05) is 63.1 Å². The summed E-state index contributed by atoms with van der Waals surface area (Å²) in [4.78, 5) is 13.8. The van der Waals surface area contributed by atoms with Crippen LogP contribution < -0.4 is 16.0 Å². The number of nitrogens with one attached hydrogen (secondary N) is 3. The second-order valence-corrected chi connectivity index (χ2v) is 9.35. The molecule has 1 aliphatic heterocycles. The standard InChI is InChI=1S/C25H38N6O2/c1-18(17-32-2)29-20-3-5-21(6-4-20)30-25-27-12-8-23(31-25)24-15-22(7-11-26-24)28-16-19-9-13-33-14-10-19/h7-8,11-12,15,18-21,29H,3-6,9-10,13-14,16-17H2,1-2H3,(H,26,28)(H,27,30,31)/t18-,20?,21?/m0/s1. The maximum atomic E-state index is 5.46. The van der Waals surface area contributed by atoms with Crippen LogP contribution in [0.25, 0.3) is 11.4 Å². The zero-order chi connectivity index (χ0) is 22.9. The van der Waals surface area contributed by atoms with Gasteiger partial charge in [-0.05, 0) is 69.6 Å². The van der Waals surface area contributed by atoms with Gasteiger partial charge >= 0.3 is 0 Å². The summed E-state index contributed by atoms with van der Waals surface area (Å²) in [7, 11) is 1.75. The maximum Gasteiger partial charge on any atom is 0.223 e. The Labute approximate surface area is 197 Å². The fraction of sp³-hybridized carbons (Fsp3) is 0.640. The second kappa shape index (κ2) is 12.3. The third-order valence-electron chi connectivity index (χ3n) is 6.61. The van der Waals surface area contributed by atoms with E-state index in [4.69, 9.17) is 14.5 Å².